The van der Waals surface area contributed by atoms with E-state index < -0.39 is 0 Å². The number of rotatable bonds is 7. The van der Waals surface area contributed by atoms with E-state index in [0.29, 0.717) is 11.2 Å². The average Bonchev–Trinajstić information content (AvgIpc) is 3.05. The lowest BCUT2D eigenvalue weighted by molar-refractivity contribution is 0.201. The van der Waals surface area contributed by atoms with Gasteiger partial charge in [-0.1, -0.05) is 59.9 Å². The highest BCUT2D eigenvalue weighted by molar-refractivity contribution is 8.01. The first-order chi connectivity index (χ1) is 15.8. The number of ether oxygens (including phenoxy) is 1. The summed E-state index contributed by atoms with van der Waals surface area (Å²) in [5.74, 6) is 0.838. The third-order valence-electron chi connectivity index (χ3n) is 5.70. The summed E-state index contributed by atoms with van der Waals surface area (Å²) in [7, 11) is 0. The summed E-state index contributed by atoms with van der Waals surface area (Å²) < 4.78 is 10.8. The molecule has 0 atom stereocenters. The summed E-state index contributed by atoms with van der Waals surface area (Å²) in [6.45, 7) is 3.23. The van der Waals surface area contributed by atoms with E-state index in [0.717, 1.165) is 42.0 Å². The fourth-order valence-corrected chi connectivity index (χ4v) is 5.61. The third kappa shape index (κ3) is 5.70. The van der Waals surface area contributed by atoms with Gasteiger partial charge in [-0.25, -0.2) is 4.98 Å². The number of para-hydroxylation sites is 1. The van der Waals surface area contributed by atoms with E-state index in [1.54, 1.807) is 23.3 Å². The van der Waals surface area contributed by atoms with E-state index in [1.165, 1.54) is 23.3 Å². The van der Waals surface area contributed by atoms with Crippen molar-refractivity contribution in [2.45, 2.75) is 31.8 Å². The molecular weight excluding hydrogens is 434 g/mol. The number of nitrogens with zero attached hydrogens (tertiary/aromatic N) is 2. The Balaban J connectivity index is 1.08. The lowest BCUT2D eigenvalue weighted by Crippen LogP contribution is -2.40. The van der Waals surface area contributed by atoms with Gasteiger partial charge in [0.05, 0.1) is 10.2 Å². The largest absolute Gasteiger partial charge is 0.431 e. The van der Waals surface area contributed by atoms with Crippen LogP contribution < -0.4 is 9.46 Å². The molecule has 1 aromatic heterocycles. The summed E-state index contributed by atoms with van der Waals surface area (Å²) in [6, 6.07) is 17.1. The number of piperidine rings is 1. The Morgan fingerprint density at radius 1 is 1.06 bits per heavy atom. The molecule has 0 radical (unpaired) electrons. The molecule has 32 heavy (non-hydrogen) atoms. The maximum Gasteiger partial charge on any atom is 0.279 e. The molecule has 1 N–H and O–H groups in total. The van der Waals surface area contributed by atoms with Crippen LogP contribution in [0.25, 0.3) is 10.2 Å². The number of aromatic nitrogens is 1. The Morgan fingerprint density at radius 3 is 2.75 bits per heavy atom. The number of thiazole rings is 1. The predicted molar refractivity (Wildman–Crippen MR) is 136 cm³/mol. The number of hydrogen-bond donors (Lipinski definition) is 1. The molecule has 0 amide bonds. The fraction of sp³-hybridized carbons (Fsp3) is 0.269. The number of benzene rings is 2. The van der Waals surface area contributed by atoms with Gasteiger partial charge in [0.2, 0.25) is 0 Å². The van der Waals surface area contributed by atoms with E-state index in [4.69, 9.17) is 4.74 Å². The smallest absolute Gasteiger partial charge is 0.279 e. The van der Waals surface area contributed by atoms with Gasteiger partial charge < -0.3 is 4.74 Å². The molecule has 0 bridgehead atoms. The maximum atomic E-state index is 5.98. The van der Waals surface area contributed by atoms with Crippen molar-refractivity contribution in [1.29, 1.82) is 0 Å². The van der Waals surface area contributed by atoms with Crippen LogP contribution in [0.5, 0.6) is 10.9 Å². The highest BCUT2D eigenvalue weighted by Gasteiger charge is 2.19. The van der Waals surface area contributed by atoms with E-state index in [1.807, 2.05) is 18.2 Å². The number of hydrogen-bond acceptors (Lipinski definition) is 6. The molecule has 1 aliphatic heterocycles. The predicted octanol–water partition coefficient (Wildman–Crippen LogP) is 6.69. The van der Waals surface area contributed by atoms with Crippen LogP contribution in [0.2, 0.25) is 0 Å². The Morgan fingerprint density at radius 2 is 1.91 bits per heavy atom. The molecule has 0 unspecified atom stereocenters. The minimum atomic E-state index is 0.575. The number of allylic oxidation sites excluding steroid dienone is 5. The van der Waals surface area contributed by atoms with Crippen molar-refractivity contribution in [2.24, 2.45) is 0 Å². The second-order valence-electron chi connectivity index (χ2n) is 8.09. The van der Waals surface area contributed by atoms with Gasteiger partial charge in [0.1, 0.15) is 5.75 Å². The van der Waals surface area contributed by atoms with Crippen molar-refractivity contribution >= 4 is 33.5 Å². The van der Waals surface area contributed by atoms with E-state index in [2.05, 4.69) is 75.3 Å². The van der Waals surface area contributed by atoms with Crippen LogP contribution in [-0.2, 0) is 6.54 Å². The standard InChI is InChI=1S/C26H27N3OS2/c1-2-4-8-23(7-3-1)32-28-21-15-17-29(18-16-21)19-20-11-13-22(14-12-20)30-26-27-24-9-5-6-10-25(24)31-26/h1-3,5-14,21,28H,4,15-19H2. The van der Waals surface area contributed by atoms with E-state index in [-0.39, 0.29) is 0 Å². The first kappa shape index (κ1) is 21.5. The first-order valence-electron chi connectivity index (χ1n) is 11.1. The molecule has 5 rings (SSSR count). The third-order valence-corrected chi connectivity index (χ3v) is 7.61. The molecule has 6 heteroatoms. The van der Waals surface area contributed by atoms with Gasteiger partial charge in [0.15, 0.2) is 0 Å². The molecule has 3 aromatic rings. The van der Waals surface area contributed by atoms with Gasteiger partial charge in [0.25, 0.3) is 5.19 Å². The molecule has 0 spiro atoms. The lowest BCUT2D eigenvalue weighted by atomic mass is 10.1. The topological polar surface area (TPSA) is 37.4 Å². The Bertz CT molecular complexity index is 1090. The van der Waals surface area contributed by atoms with Crippen molar-refractivity contribution in [2.75, 3.05) is 13.1 Å². The van der Waals surface area contributed by atoms with Gasteiger partial charge in [-0.3, -0.25) is 9.62 Å². The molecule has 2 aromatic carbocycles. The van der Waals surface area contributed by atoms with Crippen molar-refractivity contribution in [3.63, 3.8) is 0 Å². The Labute approximate surface area is 197 Å². The lowest BCUT2D eigenvalue weighted by Gasteiger charge is -2.32. The van der Waals surface area contributed by atoms with Crippen molar-refractivity contribution in [3.05, 3.63) is 89.4 Å². The highest BCUT2D eigenvalue weighted by atomic mass is 32.2. The van der Waals surface area contributed by atoms with Crippen LogP contribution in [0.1, 0.15) is 24.8 Å². The molecular formula is C26H27N3OS2. The highest BCUT2D eigenvalue weighted by Crippen LogP contribution is 2.31. The van der Waals surface area contributed by atoms with E-state index >= 15 is 0 Å². The van der Waals surface area contributed by atoms with Crippen LogP contribution in [0.15, 0.2) is 83.8 Å². The van der Waals surface area contributed by atoms with Crippen molar-refractivity contribution < 1.29 is 4.74 Å². The van der Waals surface area contributed by atoms with Gasteiger partial charge in [-0.2, -0.15) is 0 Å². The summed E-state index contributed by atoms with van der Waals surface area (Å²) in [4.78, 5) is 8.40. The number of fused-ring (bicyclic) bond motifs is 1. The summed E-state index contributed by atoms with van der Waals surface area (Å²) in [5, 5.41) is 0.692. The molecule has 4 nitrogen and oxygen atoms in total. The van der Waals surface area contributed by atoms with Gasteiger partial charge in [-0.05, 0) is 80.2 Å². The van der Waals surface area contributed by atoms with Gasteiger partial charge in [-0.15, -0.1) is 0 Å². The van der Waals surface area contributed by atoms with Crippen LogP contribution in [0.4, 0.5) is 0 Å². The van der Waals surface area contributed by atoms with Crippen LogP contribution in [0, 0.1) is 0 Å². The quantitative estimate of drug-likeness (QED) is 0.397. The summed E-state index contributed by atoms with van der Waals surface area (Å²) >= 11 is 3.35. The van der Waals surface area contributed by atoms with Gasteiger partial charge >= 0.3 is 0 Å². The number of likely N-dealkylation sites (tertiary alicyclic amines) is 1. The van der Waals surface area contributed by atoms with E-state index in [9.17, 15) is 0 Å². The van der Waals surface area contributed by atoms with Crippen LogP contribution in [-0.4, -0.2) is 29.0 Å². The first-order valence-corrected chi connectivity index (χ1v) is 12.8. The molecule has 2 heterocycles. The second-order valence-corrected chi connectivity index (χ2v) is 10.00. The van der Waals surface area contributed by atoms with Crippen LogP contribution in [0.3, 0.4) is 0 Å². The molecule has 1 saturated heterocycles. The molecule has 1 aliphatic carbocycles. The summed E-state index contributed by atoms with van der Waals surface area (Å²) in [6.07, 6.45) is 14.2. The minimum Gasteiger partial charge on any atom is -0.431 e. The van der Waals surface area contributed by atoms with Crippen LogP contribution >= 0.6 is 23.3 Å². The minimum absolute atomic E-state index is 0.575. The monoisotopic (exact) mass is 461 g/mol. The summed E-state index contributed by atoms with van der Waals surface area (Å²) in [5.41, 5.74) is 2.31. The molecule has 2 aliphatic rings. The fourth-order valence-electron chi connectivity index (χ4n) is 3.91. The Hall–Kier alpha value is -2.38. The maximum absolute atomic E-state index is 5.98. The SMILES string of the molecule is C1=CCC=C(SNC2CCN(Cc3ccc(Oc4nc5ccccc5s4)cc3)CC2)C=C1. The van der Waals surface area contributed by atoms with Crippen molar-refractivity contribution in [1.82, 2.24) is 14.6 Å². The zero-order chi connectivity index (χ0) is 21.6. The second kappa shape index (κ2) is 10.5. The number of nitrogens with one attached hydrogen (secondary N) is 1. The molecule has 0 saturated carbocycles. The molecule has 1 fully saturated rings. The zero-order valence-electron chi connectivity index (χ0n) is 17.9. The zero-order valence-corrected chi connectivity index (χ0v) is 19.6. The average molecular weight is 462 g/mol. The van der Waals surface area contributed by atoms with Gasteiger partial charge in [0, 0.05) is 17.5 Å². The van der Waals surface area contributed by atoms with Crippen molar-refractivity contribution in [3.8, 4) is 10.9 Å². The Kier molecular flexibility index (Phi) is 7.04. The molecule has 164 valence electrons. The normalized spacial score (nSPS) is 17.4.